The molecule has 0 aromatic carbocycles. The fourth-order valence-electron chi connectivity index (χ4n) is 4.00. The molecule has 1 aliphatic rings. The molecule has 1 fully saturated rings. The van der Waals surface area contributed by atoms with Gasteiger partial charge in [0.05, 0.1) is 6.04 Å². The smallest absolute Gasteiger partial charge is 0.0526 e. The zero-order valence-electron chi connectivity index (χ0n) is 13.6. The van der Waals surface area contributed by atoms with E-state index in [-0.39, 0.29) is 0 Å². The summed E-state index contributed by atoms with van der Waals surface area (Å²) in [5.74, 6) is 0. The molecule has 21 heavy (non-hydrogen) atoms. The van der Waals surface area contributed by atoms with Crippen molar-refractivity contribution >= 4 is 27.3 Å². The summed E-state index contributed by atoms with van der Waals surface area (Å²) in [6, 6.07) is 0.445. The molecule has 0 saturated heterocycles. The first-order valence-corrected chi connectivity index (χ1v) is 10.1. The van der Waals surface area contributed by atoms with Crippen LogP contribution in [0.15, 0.2) is 15.2 Å². The van der Waals surface area contributed by atoms with Crippen LogP contribution in [-0.4, -0.2) is 30.1 Å². The number of hydrogen-bond acceptors (Lipinski definition) is 3. The zero-order valence-corrected chi connectivity index (χ0v) is 16.0. The molecule has 1 aromatic rings. The summed E-state index contributed by atoms with van der Waals surface area (Å²) < 4.78 is 1.28. The third kappa shape index (κ3) is 3.54. The van der Waals surface area contributed by atoms with Crippen LogP contribution in [0, 0.1) is 0 Å². The van der Waals surface area contributed by atoms with Gasteiger partial charge in [-0.3, -0.25) is 4.90 Å². The van der Waals surface area contributed by atoms with Crippen LogP contribution in [-0.2, 0) is 0 Å². The predicted octanol–water partition coefficient (Wildman–Crippen LogP) is 5.21. The summed E-state index contributed by atoms with van der Waals surface area (Å²) in [5.41, 5.74) is 1.75. The number of likely N-dealkylation sites (N-methyl/N-ethyl adjacent to an activating group) is 1. The first-order valence-electron chi connectivity index (χ1n) is 8.39. The van der Waals surface area contributed by atoms with Gasteiger partial charge >= 0.3 is 0 Å². The third-order valence-electron chi connectivity index (χ3n) is 4.95. The van der Waals surface area contributed by atoms with Gasteiger partial charge in [0.1, 0.15) is 0 Å². The molecule has 120 valence electrons. The van der Waals surface area contributed by atoms with Crippen LogP contribution in [0.1, 0.15) is 64.5 Å². The van der Waals surface area contributed by atoms with E-state index in [0.29, 0.717) is 11.6 Å². The van der Waals surface area contributed by atoms with Gasteiger partial charge in [0.25, 0.3) is 0 Å². The highest BCUT2D eigenvalue weighted by Crippen LogP contribution is 2.46. The fraction of sp³-hybridized carbons (Fsp3) is 0.765. The first kappa shape index (κ1) is 17.5. The van der Waals surface area contributed by atoms with Gasteiger partial charge in [-0.1, -0.05) is 33.6 Å². The monoisotopic (exact) mass is 372 g/mol. The maximum absolute atomic E-state index is 3.88. The molecule has 1 heterocycles. The first-order chi connectivity index (χ1) is 10.2. The summed E-state index contributed by atoms with van der Waals surface area (Å²) in [7, 11) is 0. The quantitative estimate of drug-likeness (QED) is 0.673. The Morgan fingerprint density at radius 3 is 2.38 bits per heavy atom. The second-order valence-electron chi connectivity index (χ2n) is 6.05. The minimum atomic E-state index is 0.294. The summed E-state index contributed by atoms with van der Waals surface area (Å²) in [6.07, 6.45) is 6.55. The topological polar surface area (TPSA) is 15.3 Å². The van der Waals surface area contributed by atoms with Crippen molar-refractivity contribution in [1.29, 1.82) is 0 Å². The maximum Gasteiger partial charge on any atom is 0.0526 e. The summed E-state index contributed by atoms with van der Waals surface area (Å²) in [6.45, 7) is 10.2. The number of halogens is 1. The van der Waals surface area contributed by atoms with E-state index in [9.17, 15) is 0 Å². The summed E-state index contributed by atoms with van der Waals surface area (Å²) in [4.78, 5) is 2.71. The van der Waals surface area contributed by atoms with Crippen LogP contribution in [0.5, 0.6) is 0 Å². The lowest BCUT2D eigenvalue weighted by Crippen LogP contribution is -2.55. The number of rotatable bonds is 8. The molecule has 0 aliphatic heterocycles. The third-order valence-corrected chi connectivity index (χ3v) is 6.70. The van der Waals surface area contributed by atoms with E-state index in [1.807, 2.05) is 11.3 Å². The normalized spacial score (nSPS) is 19.3. The van der Waals surface area contributed by atoms with Crippen molar-refractivity contribution in [2.24, 2.45) is 0 Å². The van der Waals surface area contributed by atoms with Crippen LogP contribution >= 0.6 is 27.3 Å². The van der Waals surface area contributed by atoms with E-state index in [2.05, 4.69) is 57.7 Å². The molecule has 1 N–H and O–H groups in total. The van der Waals surface area contributed by atoms with Gasteiger partial charge in [-0.25, -0.2) is 0 Å². The van der Waals surface area contributed by atoms with Gasteiger partial charge < -0.3 is 5.32 Å². The Morgan fingerprint density at radius 1 is 1.24 bits per heavy atom. The lowest BCUT2D eigenvalue weighted by molar-refractivity contribution is 0.0625. The molecular formula is C17H29BrN2S. The Hall–Kier alpha value is 0.1000. The number of nitrogens with one attached hydrogen (secondary N) is 1. The minimum absolute atomic E-state index is 0.294. The largest absolute Gasteiger partial charge is 0.308 e. The van der Waals surface area contributed by atoms with Gasteiger partial charge in [0.2, 0.25) is 0 Å². The molecule has 0 spiro atoms. The van der Waals surface area contributed by atoms with Gasteiger partial charge in [-0.2, -0.15) is 11.3 Å². The number of nitrogens with zero attached hydrogens (tertiary/aromatic N) is 1. The standard InChI is InChI=1S/C17H29BrN2S/c1-4-11-19-16(14-12-21-13-15(14)18)17(9-7-8-10-17)20(5-2)6-3/h12-13,16,19H,4-11H2,1-3H3. The molecule has 1 unspecified atom stereocenters. The van der Waals surface area contributed by atoms with Crippen LogP contribution in [0.2, 0.25) is 0 Å². The van der Waals surface area contributed by atoms with E-state index < -0.39 is 0 Å². The van der Waals surface area contributed by atoms with Crippen LogP contribution < -0.4 is 5.32 Å². The van der Waals surface area contributed by atoms with Gasteiger partial charge in [-0.05, 0) is 65.8 Å². The van der Waals surface area contributed by atoms with E-state index in [0.717, 1.165) is 19.6 Å². The van der Waals surface area contributed by atoms with Crippen molar-refractivity contribution in [3.63, 3.8) is 0 Å². The van der Waals surface area contributed by atoms with E-state index >= 15 is 0 Å². The second kappa shape index (κ2) is 8.09. The highest BCUT2D eigenvalue weighted by Gasteiger charge is 2.45. The fourth-order valence-corrected chi connectivity index (χ4v) is 5.56. The molecule has 2 rings (SSSR count). The second-order valence-corrected chi connectivity index (χ2v) is 7.64. The average Bonchev–Trinajstić information content (AvgIpc) is 3.12. The number of thiophene rings is 1. The molecule has 4 heteroatoms. The van der Waals surface area contributed by atoms with Crippen molar-refractivity contribution in [1.82, 2.24) is 10.2 Å². The lowest BCUT2D eigenvalue weighted by atomic mass is 9.82. The lowest BCUT2D eigenvalue weighted by Gasteiger charge is -2.47. The average molecular weight is 373 g/mol. The Morgan fingerprint density at radius 2 is 1.90 bits per heavy atom. The Bertz CT molecular complexity index is 422. The summed E-state index contributed by atoms with van der Waals surface area (Å²) >= 11 is 5.58. The van der Waals surface area contributed by atoms with E-state index in [1.54, 1.807) is 0 Å². The van der Waals surface area contributed by atoms with Gasteiger partial charge in [-0.15, -0.1) is 0 Å². The van der Waals surface area contributed by atoms with Crippen molar-refractivity contribution in [3.05, 3.63) is 20.8 Å². The summed E-state index contributed by atoms with van der Waals surface area (Å²) in [5, 5.41) is 8.44. The minimum Gasteiger partial charge on any atom is -0.308 e. The SMILES string of the molecule is CCCNC(c1cscc1Br)C1(N(CC)CC)CCCC1. The van der Waals surface area contributed by atoms with E-state index in [4.69, 9.17) is 0 Å². The maximum atomic E-state index is 3.88. The van der Waals surface area contributed by atoms with Gasteiger partial charge in [0, 0.05) is 15.4 Å². The molecule has 0 radical (unpaired) electrons. The van der Waals surface area contributed by atoms with Crippen LogP contribution in [0.3, 0.4) is 0 Å². The van der Waals surface area contributed by atoms with Gasteiger partial charge in [0.15, 0.2) is 0 Å². The molecule has 1 aliphatic carbocycles. The molecule has 2 nitrogen and oxygen atoms in total. The van der Waals surface area contributed by atoms with Crippen molar-refractivity contribution in [2.45, 2.75) is 64.5 Å². The molecular weight excluding hydrogens is 344 g/mol. The molecule has 1 atom stereocenters. The zero-order chi connectivity index (χ0) is 15.3. The van der Waals surface area contributed by atoms with Crippen LogP contribution in [0.4, 0.5) is 0 Å². The van der Waals surface area contributed by atoms with Crippen molar-refractivity contribution in [2.75, 3.05) is 19.6 Å². The molecule has 1 saturated carbocycles. The Kier molecular flexibility index (Phi) is 6.73. The molecule has 1 aromatic heterocycles. The highest BCUT2D eigenvalue weighted by atomic mass is 79.9. The molecule has 0 amide bonds. The van der Waals surface area contributed by atoms with Crippen molar-refractivity contribution < 1.29 is 0 Å². The highest BCUT2D eigenvalue weighted by molar-refractivity contribution is 9.10. The number of hydrogen-bond donors (Lipinski definition) is 1. The van der Waals surface area contributed by atoms with E-state index in [1.165, 1.54) is 42.1 Å². The predicted molar refractivity (Wildman–Crippen MR) is 97.2 cm³/mol. The Balaban J connectivity index is 2.38. The Labute approximate surface area is 142 Å². The van der Waals surface area contributed by atoms with Crippen molar-refractivity contribution in [3.8, 4) is 0 Å². The van der Waals surface area contributed by atoms with Crippen LogP contribution in [0.25, 0.3) is 0 Å². The molecule has 0 bridgehead atoms.